The maximum absolute atomic E-state index is 12.9. The number of benzene rings is 1. The number of nitrogens with zero attached hydrogens (tertiary/aromatic N) is 3. The highest BCUT2D eigenvalue weighted by Crippen LogP contribution is 2.32. The summed E-state index contributed by atoms with van der Waals surface area (Å²) in [6.45, 7) is 1.05. The minimum atomic E-state index is -4.79. The van der Waals surface area contributed by atoms with E-state index in [1.165, 1.54) is 18.2 Å². The molecule has 178 valence electrons. The number of rotatable bonds is 6. The summed E-state index contributed by atoms with van der Waals surface area (Å²) in [6, 6.07) is 6.19. The van der Waals surface area contributed by atoms with Crippen molar-refractivity contribution in [3.8, 4) is 17.0 Å². The van der Waals surface area contributed by atoms with E-state index in [9.17, 15) is 22.8 Å². The van der Waals surface area contributed by atoms with Crippen LogP contribution in [0.25, 0.3) is 11.3 Å². The van der Waals surface area contributed by atoms with Crippen molar-refractivity contribution in [2.24, 2.45) is 5.73 Å². The van der Waals surface area contributed by atoms with Gasteiger partial charge in [-0.15, -0.1) is 13.2 Å². The molecule has 0 radical (unpaired) electrons. The first-order valence-electron chi connectivity index (χ1n) is 10.6. The zero-order chi connectivity index (χ0) is 23.6. The summed E-state index contributed by atoms with van der Waals surface area (Å²) < 4.78 is 46.5. The van der Waals surface area contributed by atoms with Crippen LogP contribution in [0.1, 0.15) is 31.4 Å². The Morgan fingerprint density at radius 3 is 2.73 bits per heavy atom. The highest BCUT2D eigenvalue weighted by molar-refractivity contribution is 5.76. The van der Waals surface area contributed by atoms with Gasteiger partial charge in [0, 0.05) is 30.8 Å². The molecule has 0 bridgehead atoms. The number of carbonyl (C=O) groups is 2. The Morgan fingerprint density at radius 1 is 1.24 bits per heavy atom. The number of urea groups is 2. The Bertz CT molecular complexity index is 1010. The van der Waals surface area contributed by atoms with Crippen LogP contribution in [0.4, 0.5) is 22.8 Å². The third-order valence-electron chi connectivity index (χ3n) is 5.61. The van der Waals surface area contributed by atoms with Crippen LogP contribution in [-0.4, -0.2) is 58.6 Å². The summed E-state index contributed by atoms with van der Waals surface area (Å²) in [5.74, 6) is -0.0194. The number of hydrogen-bond donors (Lipinski definition) is 2. The zero-order valence-electron chi connectivity index (χ0n) is 17.7. The molecule has 2 fully saturated rings. The number of halogens is 3. The molecule has 1 aromatic carbocycles. The van der Waals surface area contributed by atoms with Crippen molar-refractivity contribution >= 4 is 12.1 Å². The van der Waals surface area contributed by atoms with E-state index in [-0.39, 0.29) is 30.4 Å². The molecule has 4 rings (SSSR count). The lowest BCUT2D eigenvalue weighted by Gasteiger charge is -2.38. The average molecular weight is 467 g/mol. The fourth-order valence-electron chi connectivity index (χ4n) is 4.00. The number of alkyl halides is 3. The van der Waals surface area contributed by atoms with Gasteiger partial charge in [0.25, 0.3) is 0 Å². The smallest absolute Gasteiger partial charge is 0.406 e. The van der Waals surface area contributed by atoms with E-state index < -0.39 is 12.4 Å². The number of aromatic nitrogens is 1. The van der Waals surface area contributed by atoms with Gasteiger partial charge in [0.1, 0.15) is 11.4 Å². The molecule has 1 aliphatic heterocycles. The molecule has 1 aliphatic carbocycles. The molecule has 2 aliphatic rings. The molecule has 33 heavy (non-hydrogen) atoms. The average Bonchev–Trinajstić information content (AvgIpc) is 3.47. The molecule has 9 nitrogen and oxygen atoms in total. The molecule has 1 aromatic heterocycles. The lowest BCUT2D eigenvalue weighted by atomic mass is 10.0. The van der Waals surface area contributed by atoms with Gasteiger partial charge in [-0.25, -0.2) is 9.59 Å². The third-order valence-corrected chi connectivity index (χ3v) is 5.61. The molecule has 1 saturated heterocycles. The van der Waals surface area contributed by atoms with Crippen molar-refractivity contribution in [3.05, 3.63) is 36.1 Å². The van der Waals surface area contributed by atoms with Crippen molar-refractivity contribution in [1.29, 1.82) is 0 Å². The molecule has 1 atom stereocenters. The Labute approximate surface area is 187 Å². The van der Waals surface area contributed by atoms with Crippen molar-refractivity contribution in [1.82, 2.24) is 20.3 Å². The predicted molar refractivity (Wildman–Crippen MR) is 110 cm³/mol. The number of hydrogen-bond acceptors (Lipinski definition) is 5. The van der Waals surface area contributed by atoms with Crippen LogP contribution in [0.3, 0.4) is 0 Å². The Balaban J connectivity index is 1.38. The summed E-state index contributed by atoms with van der Waals surface area (Å²) in [5, 5.41) is 6.69. The first-order valence-corrected chi connectivity index (χ1v) is 10.6. The van der Waals surface area contributed by atoms with Gasteiger partial charge in [-0.3, -0.25) is 0 Å². The van der Waals surface area contributed by atoms with E-state index in [4.69, 9.17) is 10.3 Å². The Morgan fingerprint density at radius 2 is 2.03 bits per heavy atom. The number of ether oxygens (including phenoxy) is 1. The Kier molecular flexibility index (Phi) is 6.34. The van der Waals surface area contributed by atoms with Gasteiger partial charge in [-0.05, 0) is 37.8 Å². The fourth-order valence-corrected chi connectivity index (χ4v) is 4.00. The monoisotopic (exact) mass is 467 g/mol. The summed E-state index contributed by atoms with van der Waals surface area (Å²) in [4.78, 5) is 27.8. The number of primary amides is 1. The Hall–Kier alpha value is -3.44. The topological polar surface area (TPSA) is 114 Å². The minimum Gasteiger partial charge on any atom is -0.406 e. The van der Waals surface area contributed by atoms with Gasteiger partial charge < -0.3 is 30.1 Å². The molecule has 2 aromatic rings. The lowest BCUT2D eigenvalue weighted by Crippen LogP contribution is -2.55. The number of nitrogens with one attached hydrogen (secondary N) is 1. The van der Waals surface area contributed by atoms with Crippen LogP contribution in [0.5, 0.6) is 5.75 Å². The fraction of sp³-hybridized carbons (Fsp3) is 0.476. The van der Waals surface area contributed by atoms with Crippen LogP contribution >= 0.6 is 0 Å². The van der Waals surface area contributed by atoms with Crippen LogP contribution in [-0.2, 0) is 6.54 Å². The molecule has 3 N–H and O–H groups in total. The van der Waals surface area contributed by atoms with Crippen LogP contribution in [0, 0.1) is 0 Å². The van der Waals surface area contributed by atoms with E-state index >= 15 is 0 Å². The molecule has 1 unspecified atom stereocenters. The highest BCUT2D eigenvalue weighted by atomic mass is 19.4. The van der Waals surface area contributed by atoms with Gasteiger partial charge >= 0.3 is 18.4 Å². The second-order valence-electron chi connectivity index (χ2n) is 8.13. The number of carbonyl (C=O) groups excluding carboxylic acids is 2. The molecular formula is C21H24F3N5O4. The molecule has 2 heterocycles. The second kappa shape index (κ2) is 9.20. The minimum absolute atomic E-state index is 0.0556. The summed E-state index contributed by atoms with van der Waals surface area (Å²) >= 11 is 0. The van der Waals surface area contributed by atoms with E-state index in [1.54, 1.807) is 21.9 Å². The summed E-state index contributed by atoms with van der Waals surface area (Å²) in [5.41, 5.74) is 6.10. The van der Waals surface area contributed by atoms with E-state index in [2.05, 4.69) is 15.2 Å². The van der Waals surface area contributed by atoms with Crippen LogP contribution in [0.2, 0.25) is 0 Å². The van der Waals surface area contributed by atoms with E-state index in [0.29, 0.717) is 30.1 Å². The predicted octanol–water partition coefficient (Wildman–Crippen LogP) is 3.46. The SMILES string of the molecule is NC(=O)N1CCCC(N(C(=O)NCc2cc(-c3cccc(OC(F)(F)F)c3)no2)C2CC2)C1. The van der Waals surface area contributed by atoms with Gasteiger partial charge in [0.15, 0.2) is 5.76 Å². The third kappa shape index (κ3) is 5.88. The quantitative estimate of drug-likeness (QED) is 0.676. The molecule has 0 spiro atoms. The normalized spacial score (nSPS) is 18.6. The number of nitrogens with two attached hydrogens (primary N) is 1. The molecular weight excluding hydrogens is 443 g/mol. The highest BCUT2D eigenvalue weighted by Gasteiger charge is 2.39. The van der Waals surface area contributed by atoms with Crippen molar-refractivity contribution in [3.63, 3.8) is 0 Å². The summed E-state index contributed by atoms with van der Waals surface area (Å²) in [7, 11) is 0. The van der Waals surface area contributed by atoms with Crippen LogP contribution in [0.15, 0.2) is 34.9 Å². The van der Waals surface area contributed by atoms with E-state index in [1.807, 2.05) is 0 Å². The lowest BCUT2D eigenvalue weighted by molar-refractivity contribution is -0.274. The van der Waals surface area contributed by atoms with Gasteiger partial charge in [0.2, 0.25) is 0 Å². The maximum atomic E-state index is 12.9. The molecule has 1 saturated carbocycles. The molecule has 4 amide bonds. The zero-order valence-corrected chi connectivity index (χ0v) is 17.7. The van der Waals surface area contributed by atoms with E-state index in [0.717, 1.165) is 25.7 Å². The molecule has 12 heteroatoms. The van der Waals surface area contributed by atoms with Crippen molar-refractivity contribution < 1.29 is 32.0 Å². The van der Waals surface area contributed by atoms with Gasteiger partial charge in [0.05, 0.1) is 12.6 Å². The van der Waals surface area contributed by atoms with Crippen LogP contribution < -0.4 is 15.8 Å². The standard InChI is InChI=1S/C21H24F3N5O4/c22-21(23,24)32-16-5-1-3-13(9-16)18-10-17(33-27-18)11-26-20(31)29(14-6-7-14)15-4-2-8-28(12-15)19(25)30/h1,3,5,9-10,14-15H,2,4,6-8,11-12H2,(H2,25,30)(H,26,31). The van der Waals surface area contributed by atoms with Crippen molar-refractivity contribution in [2.45, 2.75) is 50.7 Å². The first-order chi connectivity index (χ1) is 15.7. The summed E-state index contributed by atoms with van der Waals surface area (Å²) in [6.07, 6.45) is -1.42. The number of likely N-dealkylation sites (tertiary alicyclic amines) is 1. The second-order valence-corrected chi connectivity index (χ2v) is 8.13. The first kappa shape index (κ1) is 22.7. The maximum Gasteiger partial charge on any atom is 0.573 e. The largest absolute Gasteiger partial charge is 0.573 e. The van der Waals surface area contributed by atoms with Gasteiger partial charge in [-0.1, -0.05) is 17.3 Å². The number of amides is 4. The van der Waals surface area contributed by atoms with Gasteiger partial charge in [-0.2, -0.15) is 0 Å². The number of piperidine rings is 1. The van der Waals surface area contributed by atoms with Crippen molar-refractivity contribution in [2.75, 3.05) is 13.1 Å².